The van der Waals surface area contributed by atoms with Crippen molar-refractivity contribution in [2.75, 3.05) is 0 Å². The highest BCUT2D eigenvalue weighted by atomic mass is 127. The van der Waals surface area contributed by atoms with Crippen LogP contribution in [0.4, 0.5) is 0 Å². The Balaban J connectivity index is 0.00000264. The van der Waals surface area contributed by atoms with E-state index < -0.39 is 18.2 Å². The van der Waals surface area contributed by atoms with Crippen LogP contribution in [0.15, 0.2) is 36.9 Å². The van der Waals surface area contributed by atoms with Gasteiger partial charge >= 0.3 is 11.9 Å². The fourth-order valence-corrected chi connectivity index (χ4v) is 2.47. The van der Waals surface area contributed by atoms with E-state index in [9.17, 15) is 9.59 Å². The molecule has 6 nitrogen and oxygen atoms in total. The maximum Gasteiger partial charge on any atom is 0.308 e. The van der Waals surface area contributed by atoms with E-state index in [1.165, 1.54) is 13.8 Å². The summed E-state index contributed by atoms with van der Waals surface area (Å²) in [4.78, 5) is 22.8. The summed E-state index contributed by atoms with van der Waals surface area (Å²) in [5.74, 6) is -0.474. The third-order valence-corrected chi connectivity index (χ3v) is 3.50. The average Bonchev–Trinajstić information content (AvgIpc) is 2.82. The van der Waals surface area contributed by atoms with E-state index in [1.807, 2.05) is 23.9 Å². The first-order chi connectivity index (χ1) is 10.4. The lowest BCUT2D eigenvalue weighted by Crippen LogP contribution is -3.00. The van der Waals surface area contributed by atoms with E-state index in [1.54, 1.807) is 29.2 Å². The Kier molecular flexibility index (Phi) is 7.01. The molecular formula is C15H16ClIN2O4. The minimum absolute atomic E-state index is 0. The van der Waals surface area contributed by atoms with Gasteiger partial charge in [0.05, 0.1) is 12.6 Å². The number of carbonyl (C=O) groups excluding carboxylic acids is 2. The number of esters is 2. The fourth-order valence-electron chi connectivity index (χ4n) is 2.01. The normalized spacial score (nSPS) is 11.3. The van der Waals surface area contributed by atoms with Gasteiger partial charge < -0.3 is 21.9 Å². The Morgan fingerprint density at radius 3 is 2.48 bits per heavy atom. The maximum atomic E-state index is 11.5. The highest BCUT2D eigenvalue weighted by Crippen LogP contribution is 2.31. The fraction of sp³-hybridized carbons (Fsp3) is 0.267. The van der Waals surface area contributed by atoms with Crippen molar-refractivity contribution in [3.05, 3.63) is 46.1 Å². The van der Waals surface area contributed by atoms with Crippen LogP contribution in [0.2, 0.25) is 0 Å². The number of rotatable bonds is 4. The minimum Gasteiger partial charge on any atom is -1.00 e. The lowest BCUT2D eigenvalue weighted by molar-refractivity contribution is -0.671. The molecule has 0 radical (unpaired) electrons. The average molecular weight is 451 g/mol. The van der Waals surface area contributed by atoms with Gasteiger partial charge in [0.25, 0.3) is 6.23 Å². The molecule has 0 saturated carbocycles. The molecule has 1 heterocycles. The number of imidazole rings is 1. The molecule has 2 aromatic rings. The van der Waals surface area contributed by atoms with E-state index in [4.69, 9.17) is 9.47 Å². The minimum atomic E-state index is -0.704. The van der Waals surface area contributed by atoms with Gasteiger partial charge in [0.15, 0.2) is 0 Å². The van der Waals surface area contributed by atoms with Crippen LogP contribution >= 0.6 is 22.6 Å². The van der Waals surface area contributed by atoms with Crippen LogP contribution in [0.5, 0.6) is 5.75 Å². The predicted octanol–water partition coefficient (Wildman–Crippen LogP) is -1.04. The number of carbonyl (C=O) groups is 2. The Morgan fingerprint density at radius 2 is 1.96 bits per heavy atom. The lowest BCUT2D eigenvalue weighted by Gasteiger charge is -2.17. The first-order valence-corrected chi connectivity index (χ1v) is 7.62. The van der Waals surface area contributed by atoms with Crippen LogP contribution in [0.3, 0.4) is 0 Å². The molecule has 124 valence electrons. The quantitative estimate of drug-likeness (QED) is 0.258. The molecule has 0 aliphatic heterocycles. The number of aromatic nitrogens is 2. The number of ether oxygens (including phenoxy) is 2. The third kappa shape index (κ3) is 5.21. The van der Waals surface area contributed by atoms with E-state index in [-0.39, 0.29) is 12.4 Å². The summed E-state index contributed by atoms with van der Waals surface area (Å²) < 4.78 is 15.2. The van der Waals surface area contributed by atoms with Gasteiger partial charge in [-0.05, 0) is 40.8 Å². The van der Waals surface area contributed by atoms with E-state index in [2.05, 4.69) is 22.6 Å². The van der Waals surface area contributed by atoms with Gasteiger partial charge in [-0.1, -0.05) is 0 Å². The molecule has 1 aromatic carbocycles. The number of hydrogen-bond donors (Lipinski definition) is 0. The number of halogens is 2. The molecule has 0 N–H and O–H groups in total. The standard InChI is InChI=1S/C15H16IN2O4.ClH/c1-10(19)21-14-8-12(16)4-5-13(14)15(22-11(2)20)18-7-6-17(3)9-18;/h4-9,15H,1-3H3;1H/q+1;/p-1. The number of hydrogen-bond acceptors (Lipinski definition) is 4. The van der Waals surface area contributed by atoms with Crippen LogP contribution in [-0.4, -0.2) is 16.5 Å². The Hall–Kier alpha value is -1.61. The summed E-state index contributed by atoms with van der Waals surface area (Å²) in [6, 6.07) is 5.38. The molecule has 0 bridgehead atoms. The van der Waals surface area contributed by atoms with Crippen molar-refractivity contribution in [3.8, 4) is 5.75 Å². The van der Waals surface area contributed by atoms with Crippen molar-refractivity contribution in [3.63, 3.8) is 0 Å². The molecule has 8 heteroatoms. The Bertz CT molecular complexity index is 717. The zero-order valence-corrected chi connectivity index (χ0v) is 15.7. The van der Waals surface area contributed by atoms with Crippen molar-refractivity contribution >= 4 is 34.5 Å². The maximum absolute atomic E-state index is 11.5. The second kappa shape index (κ2) is 8.30. The molecule has 2 rings (SSSR count). The van der Waals surface area contributed by atoms with Crippen LogP contribution in [0.1, 0.15) is 25.6 Å². The summed E-state index contributed by atoms with van der Waals surface area (Å²) in [6.45, 7) is 2.68. The van der Waals surface area contributed by atoms with E-state index in [0.29, 0.717) is 11.3 Å². The molecule has 0 spiro atoms. The number of aryl methyl sites for hydroxylation is 1. The van der Waals surface area contributed by atoms with Crippen molar-refractivity contribution in [1.29, 1.82) is 0 Å². The second-order valence-corrected chi connectivity index (χ2v) is 6.01. The second-order valence-electron chi connectivity index (χ2n) is 4.76. The molecule has 0 amide bonds. The first-order valence-electron chi connectivity index (χ1n) is 6.54. The predicted molar refractivity (Wildman–Crippen MR) is 86.0 cm³/mol. The third-order valence-electron chi connectivity index (χ3n) is 2.83. The van der Waals surface area contributed by atoms with Crippen molar-refractivity contribution in [2.45, 2.75) is 20.1 Å². The molecule has 0 fully saturated rings. The Morgan fingerprint density at radius 1 is 1.26 bits per heavy atom. The van der Waals surface area contributed by atoms with Gasteiger partial charge in [0.1, 0.15) is 18.1 Å². The van der Waals surface area contributed by atoms with Gasteiger partial charge in [-0.3, -0.25) is 9.59 Å². The van der Waals surface area contributed by atoms with Crippen LogP contribution in [0.25, 0.3) is 0 Å². The van der Waals surface area contributed by atoms with Gasteiger partial charge in [-0.25, -0.2) is 4.57 Å². The summed E-state index contributed by atoms with van der Waals surface area (Å²) in [7, 11) is 1.86. The molecule has 1 atom stereocenters. The highest BCUT2D eigenvalue weighted by Gasteiger charge is 2.26. The summed E-state index contributed by atoms with van der Waals surface area (Å²) in [5.41, 5.74) is 0.599. The van der Waals surface area contributed by atoms with Crippen LogP contribution < -0.4 is 21.7 Å². The van der Waals surface area contributed by atoms with Crippen molar-refractivity contribution < 1.29 is 36.0 Å². The molecule has 0 aliphatic carbocycles. The summed E-state index contributed by atoms with van der Waals surface area (Å²) in [6.07, 6.45) is 4.69. The SMILES string of the molecule is CC(=O)Oc1cc(I)ccc1C(OC(C)=O)n1cc[n+](C)c1.[Cl-]. The Labute approximate surface area is 153 Å². The smallest absolute Gasteiger partial charge is 0.308 e. The molecular weight excluding hydrogens is 435 g/mol. The number of benzene rings is 1. The van der Waals surface area contributed by atoms with Crippen molar-refractivity contribution in [1.82, 2.24) is 4.57 Å². The number of nitrogens with zero attached hydrogens (tertiary/aromatic N) is 2. The van der Waals surface area contributed by atoms with Crippen LogP contribution in [0, 0.1) is 3.57 Å². The highest BCUT2D eigenvalue weighted by molar-refractivity contribution is 14.1. The zero-order chi connectivity index (χ0) is 16.3. The van der Waals surface area contributed by atoms with E-state index >= 15 is 0 Å². The van der Waals surface area contributed by atoms with Gasteiger partial charge in [0.2, 0.25) is 6.33 Å². The molecule has 0 saturated heterocycles. The van der Waals surface area contributed by atoms with Crippen molar-refractivity contribution in [2.24, 2.45) is 7.05 Å². The van der Waals surface area contributed by atoms with Gasteiger partial charge in [-0.15, -0.1) is 0 Å². The van der Waals surface area contributed by atoms with Gasteiger partial charge in [-0.2, -0.15) is 4.57 Å². The largest absolute Gasteiger partial charge is 1.00 e. The monoisotopic (exact) mass is 450 g/mol. The first kappa shape index (κ1) is 19.4. The molecule has 0 aliphatic rings. The van der Waals surface area contributed by atoms with Crippen LogP contribution in [-0.2, 0) is 21.4 Å². The molecule has 1 aromatic heterocycles. The zero-order valence-electron chi connectivity index (χ0n) is 12.8. The summed E-state index contributed by atoms with van der Waals surface area (Å²) >= 11 is 2.13. The molecule has 1 unspecified atom stereocenters. The van der Waals surface area contributed by atoms with E-state index in [0.717, 1.165) is 3.57 Å². The molecule has 23 heavy (non-hydrogen) atoms. The van der Waals surface area contributed by atoms with Gasteiger partial charge in [0, 0.05) is 17.4 Å². The topological polar surface area (TPSA) is 61.4 Å². The summed E-state index contributed by atoms with van der Waals surface area (Å²) in [5, 5.41) is 0. The lowest BCUT2D eigenvalue weighted by atomic mass is 10.1.